The van der Waals surface area contributed by atoms with Crippen molar-refractivity contribution in [1.82, 2.24) is 4.98 Å². The number of halogens is 1. The third-order valence-electron chi connectivity index (χ3n) is 4.98. The molecular weight excluding hydrogens is 373 g/mol. The number of aryl methyl sites for hydroxylation is 2. The molecule has 1 aliphatic heterocycles. The van der Waals surface area contributed by atoms with Crippen LogP contribution in [0.1, 0.15) is 28.1 Å². The first-order valence-electron chi connectivity index (χ1n) is 9.06. The summed E-state index contributed by atoms with van der Waals surface area (Å²) < 4.78 is 13.2. The molecule has 0 unspecified atom stereocenters. The largest absolute Gasteiger partial charge is 0.359 e. The lowest BCUT2D eigenvalue weighted by atomic mass is 10.0. The number of carbonyl (C=O) groups is 1. The second kappa shape index (κ2) is 7.01. The smallest absolute Gasteiger partial charge is 0.270 e. The molecule has 1 aliphatic rings. The van der Waals surface area contributed by atoms with Crippen LogP contribution in [0.5, 0.6) is 0 Å². The number of carbonyl (C=O) groups excluding carboxylic acids is 1. The minimum atomic E-state index is -0.477. The number of nitro groups is 1. The predicted molar refractivity (Wildman–Crippen MR) is 109 cm³/mol. The van der Waals surface area contributed by atoms with E-state index in [1.807, 2.05) is 19.9 Å². The summed E-state index contributed by atoms with van der Waals surface area (Å²) >= 11 is 0. The Hall–Kier alpha value is -3.74. The highest BCUT2D eigenvalue weighted by atomic mass is 19.1. The number of hydrogen-bond donors (Lipinski definition) is 1. The Morgan fingerprint density at radius 1 is 1.14 bits per heavy atom. The summed E-state index contributed by atoms with van der Waals surface area (Å²) in [6, 6.07) is 12.3. The summed E-state index contributed by atoms with van der Waals surface area (Å²) in [6.45, 7) is 4.09. The Morgan fingerprint density at radius 3 is 2.48 bits per heavy atom. The van der Waals surface area contributed by atoms with Crippen LogP contribution in [0.2, 0.25) is 0 Å². The number of anilines is 1. The first-order chi connectivity index (χ1) is 13.8. The van der Waals surface area contributed by atoms with Gasteiger partial charge in [-0.3, -0.25) is 14.9 Å². The van der Waals surface area contributed by atoms with Gasteiger partial charge >= 0.3 is 0 Å². The van der Waals surface area contributed by atoms with Crippen molar-refractivity contribution in [2.24, 2.45) is 0 Å². The zero-order chi connectivity index (χ0) is 20.7. The van der Waals surface area contributed by atoms with E-state index in [0.717, 1.165) is 22.5 Å². The van der Waals surface area contributed by atoms with Gasteiger partial charge in [0.25, 0.3) is 11.6 Å². The van der Waals surface area contributed by atoms with Gasteiger partial charge in [-0.2, -0.15) is 0 Å². The topological polar surface area (TPSA) is 79.2 Å². The van der Waals surface area contributed by atoms with Crippen molar-refractivity contribution < 1.29 is 14.1 Å². The fourth-order valence-electron chi connectivity index (χ4n) is 3.57. The highest BCUT2D eigenvalue weighted by Crippen LogP contribution is 2.40. The first kappa shape index (κ1) is 18.6. The highest BCUT2D eigenvalue weighted by Gasteiger charge is 2.34. The van der Waals surface area contributed by atoms with E-state index in [2.05, 4.69) is 4.98 Å². The van der Waals surface area contributed by atoms with E-state index in [1.165, 1.54) is 24.3 Å². The lowest BCUT2D eigenvalue weighted by molar-refractivity contribution is -0.384. The minimum absolute atomic E-state index is 0.0783. The Balaban J connectivity index is 1.82. The number of nitrogens with zero attached hydrogens (tertiary/aromatic N) is 2. The van der Waals surface area contributed by atoms with Crippen LogP contribution in [0, 0.1) is 29.8 Å². The highest BCUT2D eigenvalue weighted by molar-refractivity contribution is 6.35. The zero-order valence-electron chi connectivity index (χ0n) is 15.9. The molecule has 0 saturated heterocycles. The summed E-state index contributed by atoms with van der Waals surface area (Å²) in [5, 5.41) is 11.3. The quantitative estimate of drug-likeness (QED) is 0.395. The number of rotatable bonds is 4. The van der Waals surface area contributed by atoms with Crippen LogP contribution in [0.3, 0.4) is 0 Å². The number of nitro benzene ring substituents is 1. The molecule has 7 heteroatoms. The van der Waals surface area contributed by atoms with Crippen LogP contribution >= 0.6 is 0 Å². The SMILES string of the molecule is Cc1cc(C)c(/C=C2\C(=O)N(Cc3ccc(F)cc3)c3ccc([N+](=O)[O-])cc32)[nH]1. The lowest BCUT2D eigenvalue weighted by Gasteiger charge is -2.17. The van der Waals surface area contributed by atoms with Gasteiger partial charge in [-0.25, -0.2) is 4.39 Å². The second-order valence-electron chi connectivity index (χ2n) is 7.08. The van der Waals surface area contributed by atoms with Crippen LogP contribution < -0.4 is 4.90 Å². The monoisotopic (exact) mass is 391 g/mol. The molecular formula is C22H18FN3O3. The summed E-state index contributed by atoms with van der Waals surface area (Å²) in [4.78, 5) is 28.8. The molecule has 0 aliphatic carbocycles. The van der Waals surface area contributed by atoms with Gasteiger partial charge in [0.1, 0.15) is 5.82 Å². The molecule has 4 rings (SSSR count). The van der Waals surface area contributed by atoms with Crippen LogP contribution in [-0.2, 0) is 11.3 Å². The van der Waals surface area contributed by atoms with Crippen molar-refractivity contribution in [2.45, 2.75) is 20.4 Å². The summed E-state index contributed by atoms with van der Waals surface area (Å²) in [5.74, 6) is -0.604. The fraction of sp³-hybridized carbons (Fsp3) is 0.136. The molecule has 0 spiro atoms. The van der Waals surface area contributed by atoms with Gasteiger partial charge in [0.05, 0.1) is 22.7 Å². The molecule has 146 valence electrons. The fourth-order valence-corrected chi connectivity index (χ4v) is 3.57. The molecule has 0 fully saturated rings. The van der Waals surface area contributed by atoms with Gasteiger partial charge in [-0.1, -0.05) is 12.1 Å². The maximum Gasteiger partial charge on any atom is 0.270 e. The maximum atomic E-state index is 13.2. The zero-order valence-corrected chi connectivity index (χ0v) is 15.9. The van der Waals surface area contributed by atoms with Crippen LogP contribution in [0.4, 0.5) is 15.8 Å². The van der Waals surface area contributed by atoms with Crippen LogP contribution in [0.25, 0.3) is 11.6 Å². The summed E-state index contributed by atoms with van der Waals surface area (Å²) in [5.41, 5.74) is 4.90. The Kier molecular flexibility index (Phi) is 4.50. The number of benzene rings is 2. The summed E-state index contributed by atoms with van der Waals surface area (Å²) in [7, 11) is 0. The number of H-pyrrole nitrogens is 1. The number of aromatic nitrogens is 1. The Labute approximate surface area is 166 Å². The number of non-ortho nitro benzene ring substituents is 1. The van der Waals surface area contributed by atoms with E-state index < -0.39 is 4.92 Å². The van der Waals surface area contributed by atoms with Crippen molar-refractivity contribution in [3.8, 4) is 0 Å². The van der Waals surface area contributed by atoms with Gasteiger partial charge in [-0.15, -0.1) is 0 Å². The molecule has 0 saturated carbocycles. The second-order valence-corrected chi connectivity index (χ2v) is 7.08. The molecule has 1 amide bonds. The third-order valence-corrected chi connectivity index (χ3v) is 4.98. The number of nitrogens with one attached hydrogen (secondary N) is 1. The molecule has 3 aromatic rings. The maximum absolute atomic E-state index is 13.2. The van der Waals surface area contributed by atoms with E-state index in [-0.39, 0.29) is 24.0 Å². The molecule has 1 N–H and O–H groups in total. The van der Waals surface area contributed by atoms with E-state index in [4.69, 9.17) is 0 Å². The van der Waals surface area contributed by atoms with Crippen LogP contribution in [0.15, 0.2) is 48.5 Å². The Morgan fingerprint density at radius 2 is 1.86 bits per heavy atom. The lowest BCUT2D eigenvalue weighted by Crippen LogP contribution is -2.25. The average Bonchev–Trinajstić information content (AvgIpc) is 3.14. The van der Waals surface area contributed by atoms with Crippen molar-refractivity contribution in [1.29, 1.82) is 0 Å². The normalized spacial score (nSPS) is 14.5. The van der Waals surface area contributed by atoms with Gasteiger partial charge < -0.3 is 9.88 Å². The van der Waals surface area contributed by atoms with Gasteiger partial charge in [0.15, 0.2) is 0 Å². The third kappa shape index (κ3) is 3.42. The molecule has 0 radical (unpaired) electrons. The molecule has 29 heavy (non-hydrogen) atoms. The van der Waals surface area contributed by atoms with E-state index in [9.17, 15) is 19.3 Å². The first-order valence-corrected chi connectivity index (χ1v) is 9.06. The molecule has 1 aromatic heterocycles. The summed E-state index contributed by atoms with van der Waals surface area (Å²) in [6.07, 6.45) is 1.73. The van der Waals surface area contributed by atoms with E-state index >= 15 is 0 Å². The number of fused-ring (bicyclic) bond motifs is 1. The average molecular weight is 391 g/mol. The van der Waals surface area contributed by atoms with Crippen molar-refractivity contribution >= 4 is 28.9 Å². The predicted octanol–water partition coefficient (Wildman–Crippen LogP) is 4.77. The molecule has 2 heterocycles. The molecule has 0 atom stereocenters. The number of hydrogen-bond acceptors (Lipinski definition) is 3. The van der Waals surface area contributed by atoms with Gasteiger partial charge in [-0.05, 0) is 55.3 Å². The number of amides is 1. The van der Waals surface area contributed by atoms with Crippen molar-refractivity contribution in [3.63, 3.8) is 0 Å². The standard InChI is InChI=1S/C22H18FN3O3/c1-13-9-14(2)24-20(13)11-19-18-10-17(26(28)29)7-8-21(18)25(22(19)27)12-15-3-5-16(23)6-4-15/h3-11,24H,12H2,1-2H3/b19-11-. The van der Waals surface area contributed by atoms with E-state index in [0.29, 0.717) is 16.8 Å². The Bertz CT molecular complexity index is 1160. The molecule has 6 nitrogen and oxygen atoms in total. The molecule has 2 aromatic carbocycles. The van der Waals surface area contributed by atoms with Crippen molar-refractivity contribution in [2.75, 3.05) is 4.90 Å². The van der Waals surface area contributed by atoms with E-state index in [1.54, 1.807) is 29.2 Å². The minimum Gasteiger partial charge on any atom is -0.359 e. The van der Waals surface area contributed by atoms with Gasteiger partial charge in [0, 0.05) is 29.1 Å². The van der Waals surface area contributed by atoms with Gasteiger partial charge in [0.2, 0.25) is 0 Å². The molecule has 0 bridgehead atoms. The van der Waals surface area contributed by atoms with Crippen LogP contribution in [-0.4, -0.2) is 15.8 Å². The number of aromatic amines is 1. The van der Waals surface area contributed by atoms with Crippen molar-refractivity contribution in [3.05, 3.63) is 92.5 Å².